The third kappa shape index (κ3) is 7.22. The van der Waals surface area contributed by atoms with Crippen molar-refractivity contribution in [3.63, 3.8) is 0 Å². The van der Waals surface area contributed by atoms with E-state index in [1.807, 2.05) is 26.0 Å². The summed E-state index contributed by atoms with van der Waals surface area (Å²) >= 11 is 0. The monoisotopic (exact) mass is 388 g/mol. The molecule has 0 saturated carbocycles. The maximum absolute atomic E-state index is 12.1. The summed E-state index contributed by atoms with van der Waals surface area (Å²) in [5, 5.41) is 14.6. The van der Waals surface area contributed by atoms with E-state index in [1.54, 1.807) is 19.1 Å². The van der Waals surface area contributed by atoms with Crippen LogP contribution in [0, 0.1) is 0 Å². The molecule has 0 aliphatic carbocycles. The quantitative estimate of drug-likeness (QED) is 0.358. The number of likely N-dealkylation sites (N-methyl/N-ethyl adjacent to an activating group) is 1. The van der Waals surface area contributed by atoms with Crippen LogP contribution in [-0.4, -0.2) is 43.8 Å². The maximum atomic E-state index is 12.1. The Morgan fingerprint density at radius 3 is 2.46 bits per heavy atom. The number of hydrogen-bond acceptors (Lipinski definition) is 7. The fourth-order valence-corrected chi connectivity index (χ4v) is 2.21. The Bertz CT molecular complexity index is 769. The van der Waals surface area contributed by atoms with E-state index in [-0.39, 0.29) is 18.2 Å². The number of nitrogens with zero attached hydrogens (tertiary/aromatic N) is 3. The molecule has 28 heavy (non-hydrogen) atoms. The first kappa shape index (κ1) is 22.9. The average Bonchev–Trinajstić information content (AvgIpc) is 2.68. The number of rotatable bonds is 11. The van der Waals surface area contributed by atoms with Gasteiger partial charge in [-0.3, -0.25) is 4.79 Å². The van der Waals surface area contributed by atoms with Crippen LogP contribution in [0.25, 0.3) is 0 Å². The Labute approximate surface area is 165 Å². The van der Waals surface area contributed by atoms with E-state index in [9.17, 15) is 4.79 Å². The van der Waals surface area contributed by atoms with Gasteiger partial charge in [0.2, 0.25) is 0 Å². The molecule has 0 aliphatic heterocycles. The second-order valence-corrected chi connectivity index (χ2v) is 5.90. The van der Waals surface area contributed by atoms with E-state index in [1.165, 1.54) is 14.2 Å². The van der Waals surface area contributed by atoms with Crippen LogP contribution in [0.4, 0.5) is 0 Å². The number of carbonyl (C=O) groups is 1. The summed E-state index contributed by atoms with van der Waals surface area (Å²) < 4.78 is 0. The first-order valence-electron chi connectivity index (χ1n) is 8.86. The number of benzene rings is 1. The Balaban J connectivity index is 3.01. The molecule has 1 N–H and O–H groups in total. The Morgan fingerprint density at radius 2 is 1.86 bits per heavy atom. The SMILES string of the molecule is C=C(C)CC(=NOCC)C(C)=NOCc1ccccc1C(=NOC)C(=O)NC. The van der Waals surface area contributed by atoms with Crippen LogP contribution in [0.5, 0.6) is 0 Å². The van der Waals surface area contributed by atoms with Gasteiger partial charge in [-0.2, -0.15) is 0 Å². The third-order valence-corrected chi connectivity index (χ3v) is 3.51. The van der Waals surface area contributed by atoms with Gasteiger partial charge in [-0.15, -0.1) is 0 Å². The second kappa shape index (κ2) is 12.3. The van der Waals surface area contributed by atoms with Gasteiger partial charge in [0.15, 0.2) is 5.71 Å². The average molecular weight is 388 g/mol. The number of allylic oxidation sites excluding steroid dienone is 1. The Kier molecular flexibility index (Phi) is 10.0. The summed E-state index contributed by atoms with van der Waals surface area (Å²) in [6, 6.07) is 7.25. The van der Waals surface area contributed by atoms with E-state index >= 15 is 0 Å². The molecule has 0 atom stereocenters. The van der Waals surface area contributed by atoms with E-state index in [0.29, 0.717) is 30.0 Å². The van der Waals surface area contributed by atoms with Crippen molar-refractivity contribution in [2.45, 2.75) is 33.8 Å². The van der Waals surface area contributed by atoms with Crippen molar-refractivity contribution in [3.05, 3.63) is 47.5 Å². The predicted octanol–water partition coefficient (Wildman–Crippen LogP) is 3.03. The first-order valence-corrected chi connectivity index (χ1v) is 8.86. The summed E-state index contributed by atoms with van der Waals surface area (Å²) in [6.07, 6.45) is 0.538. The molecular weight excluding hydrogens is 360 g/mol. The molecule has 0 spiro atoms. The lowest BCUT2D eigenvalue weighted by molar-refractivity contribution is -0.114. The molecule has 8 nitrogen and oxygen atoms in total. The van der Waals surface area contributed by atoms with Crippen molar-refractivity contribution in [1.82, 2.24) is 5.32 Å². The highest BCUT2D eigenvalue weighted by Crippen LogP contribution is 2.13. The number of amides is 1. The van der Waals surface area contributed by atoms with Crippen LogP contribution >= 0.6 is 0 Å². The molecule has 1 aromatic carbocycles. The molecule has 0 unspecified atom stereocenters. The van der Waals surface area contributed by atoms with Gasteiger partial charge in [-0.25, -0.2) is 0 Å². The molecular formula is C20H28N4O4. The lowest BCUT2D eigenvalue weighted by Crippen LogP contribution is -2.29. The maximum Gasteiger partial charge on any atom is 0.273 e. The van der Waals surface area contributed by atoms with E-state index in [4.69, 9.17) is 14.5 Å². The van der Waals surface area contributed by atoms with Crippen molar-refractivity contribution in [3.8, 4) is 0 Å². The molecule has 1 aromatic rings. The van der Waals surface area contributed by atoms with Gasteiger partial charge in [-0.05, 0) is 20.8 Å². The molecule has 152 valence electrons. The normalized spacial score (nSPS) is 12.4. The van der Waals surface area contributed by atoms with Crippen LogP contribution in [0.3, 0.4) is 0 Å². The van der Waals surface area contributed by atoms with Gasteiger partial charge in [0, 0.05) is 24.6 Å². The fourth-order valence-electron chi connectivity index (χ4n) is 2.21. The molecule has 0 fully saturated rings. The van der Waals surface area contributed by atoms with Crippen molar-refractivity contribution in [1.29, 1.82) is 0 Å². The highest BCUT2D eigenvalue weighted by Gasteiger charge is 2.17. The van der Waals surface area contributed by atoms with Gasteiger partial charge in [0.25, 0.3) is 5.91 Å². The standard InChI is InChI=1S/C20H28N4O4/c1-7-27-23-18(12-14(2)3)15(4)22-28-13-16-10-8-9-11-17(16)19(24-26-6)20(25)21-5/h8-11H,2,7,12-13H2,1,3-6H3,(H,21,25). The minimum absolute atomic E-state index is 0.141. The van der Waals surface area contributed by atoms with Crippen LogP contribution in [0.15, 0.2) is 51.9 Å². The zero-order chi connectivity index (χ0) is 20.9. The molecule has 0 bridgehead atoms. The van der Waals surface area contributed by atoms with Gasteiger partial charge >= 0.3 is 0 Å². The van der Waals surface area contributed by atoms with Crippen molar-refractivity contribution in [2.24, 2.45) is 15.5 Å². The van der Waals surface area contributed by atoms with Crippen molar-refractivity contribution in [2.75, 3.05) is 20.8 Å². The highest BCUT2D eigenvalue weighted by molar-refractivity contribution is 6.45. The Morgan fingerprint density at radius 1 is 1.14 bits per heavy atom. The van der Waals surface area contributed by atoms with E-state index in [0.717, 1.165) is 11.1 Å². The molecule has 0 aliphatic rings. The van der Waals surface area contributed by atoms with Gasteiger partial charge in [-0.1, -0.05) is 51.9 Å². The number of carbonyl (C=O) groups excluding carboxylic acids is 1. The minimum Gasteiger partial charge on any atom is -0.398 e. The Hall–Kier alpha value is -3.16. The number of hydrogen-bond donors (Lipinski definition) is 1. The second-order valence-electron chi connectivity index (χ2n) is 5.90. The molecule has 8 heteroatoms. The van der Waals surface area contributed by atoms with Crippen molar-refractivity contribution < 1.29 is 19.3 Å². The molecule has 0 aromatic heterocycles. The lowest BCUT2D eigenvalue weighted by atomic mass is 10.0. The molecule has 1 amide bonds. The number of oxime groups is 3. The topological polar surface area (TPSA) is 93.9 Å². The van der Waals surface area contributed by atoms with Crippen LogP contribution in [-0.2, 0) is 25.9 Å². The molecule has 1 rings (SSSR count). The first-order chi connectivity index (χ1) is 13.4. The van der Waals surface area contributed by atoms with Crippen molar-refractivity contribution >= 4 is 23.0 Å². The van der Waals surface area contributed by atoms with Crippen LogP contribution in [0.2, 0.25) is 0 Å². The summed E-state index contributed by atoms with van der Waals surface area (Å²) in [5.74, 6) is -0.360. The number of nitrogens with one attached hydrogen (secondary N) is 1. The van der Waals surface area contributed by atoms with Crippen LogP contribution in [0.1, 0.15) is 38.3 Å². The van der Waals surface area contributed by atoms with Gasteiger partial charge in [0.1, 0.15) is 31.7 Å². The lowest BCUT2D eigenvalue weighted by Gasteiger charge is -2.10. The molecule has 0 radical (unpaired) electrons. The van der Waals surface area contributed by atoms with Gasteiger partial charge in [0.05, 0.1) is 0 Å². The summed E-state index contributed by atoms with van der Waals surface area (Å²) in [4.78, 5) is 27.5. The fraction of sp³-hybridized carbons (Fsp3) is 0.400. The minimum atomic E-state index is -0.360. The third-order valence-electron chi connectivity index (χ3n) is 3.51. The molecule has 0 heterocycles. The smallest absolute Gasteiger partial charge is 0.273 e. The summed E-state index contributed by atoms with van der Waals surface area (Å²) in [5.41, 5.74) is 3.67. The van der Waals surface area contributed by atoms with E-state index in [2.05, 4.69) is 27.4 Å². The van der Waals surface area contributed by atoms with Crippen LogP contribution < -0.4 is 5.32 Å². The zero-order valence-electron chi connectivity index (χ0n) is 17.1. The summed E-state index contributed by atoms with van der Waals surface area (Å²) in [7, 11) is 2.91. The molecule has 0 saturated heterocycles. The zero-order valence-corrected chi connectivity index (χ0v) is 17.1. The predicted molar refractivity (Wildman–Crippen MR) is 110 cm³/mol. The summed E-state index contributed by atoms with van der Waals surface area (Å²) in [6.45, 7) is 10.0. The highest BCUT2D eigenvalue weighted by atomic mass is 16.6. The van der Waals surface area contributed by atoms with Gasteiger partial charge < -0.3 is 19.8 Å². The van der Waals surface area contributed by atoms with E-state index < -0.39 is 0 Å². The largest absolute Gasteiger partial charge is 0.398 e.